The van der Waals surface area contributed by atoms with Crippen molar-refractivity contribution in [2.45, 2.75) is 25.4 Å². The molecule has 0 amide bonds. The van der Waals surface area contributed by atoms with Crippen molar-refractivity contribution in [1.82, 2.24) is 9.97 Å². The van der Waals surface area contributed by atoms with Crippen LogP contribution < -0.4 is 4.90 Å². The number of anilines is 1. The third-order valence-electron chi connectivity index (χ3n) is 3.01. The van der Waals surface area contributed by atoms with Crippen molar-refractivity contribution in [1.29, 1.82) is 0 Å². The Morgan fingerprint density at radius 3 is 3.06 bits per heavy atom. The Balaban J connectivity index is 2.20. The average molecular weight is 251 g/mol. The molecule has 6 heteroatoms. The summed E-state index contributed by atoms with van der Waals surface area (Å²) >= 11 is 0. The molecule has 98 valence electrons. The van der Waals surface area contributed by atoms with Crippen LogP contribution in [0, 0.1) is 0 Å². The van der Waals surface area contributed by atoms with E-state index in [-0.39, 0.29) is 5.82 Å². The number of hydrogen-bond donors (Lipinski definition) is 1. The van der Waals surface area contributed by atoms with Crippen LogP contribution in [-0.2, 0) is 4.74 Å². The van der Waals surface area contributed by atoms with Gasteiger partial charge in [0, 0.05) is 19.3 Å². The summed E-state index contributed by atoms with van der Waals surface area (Å²) in [5, 5.41) is 10.1. The highest BCUT2D eigenvalue weighted by Gasteiger charge is 2.29. The number of aliphatic hydroxyl groups is 1. The summed E-state index contributed by atoms with van der Waals surface area (Å²) < 4.78 is 4.59. The van der Waals surface area contributed by atoms with E-state index in [0.29, 0.717) is 12.4 Å². The summed E-state index contributed by atoms with van der Waals surface area (Å²) in [5.74, 6) is 0.131. The van der Waals surface area contributed by atoms with Crippen molar-refractivity contribution in [3.8, 4) is 0 Å². The van der Waals surface area contributed by atoms with Gasteiger partial charge >= 0.3 is 5.97 Å². The maximum Gasteiger partial charge on any atom is 0.376 e. The van der Waals surface area contributed by atoms with E-state index in [1.165, 1.54) is 13.3 Å². The molecule has 1 unspecified atom stereocenters. The van der Waals surface area contributed by atoms with Crippen LogP contribution in [0.25, 0.3) is 0 Å². The van der Waals surface area contributed by atoms with Gasteiger partial charge in [-0.1, -0.05) is 0 Å². The Bertz CT molecular complexity index is 448. The van der Waals surface area contributed by atoms with Crippen LogP contribution in [0.4, 0.5) is 5.82 Å². The first-order valence-corrected chi connectivity index (χ1v) is 5.90. The zero-order valence-corrected chi connectivity index (χ0v) is 10.6. The predicted octanol–water partition coefficient (Wildman–Crippen LogP) is 0.614. The fourth-order valence-corrected chi connectivity index (χ4v) is 2.13. The molecule has 1 fully saturated rings. The number of rotatable bonds is 2. The number of hydrogen-bond acceptors (Lipinski definition) is 6. The van der Waals surface area contributed by atoms with Gasteiger partial charge in [-0.15, -0.1) is 0 Å². The maximum absolute atomic E-state index is 11.4. The van der Waals surface area contributed by atoms with Crippen LogP contribution in [0.5, 0.6) is 0 Å². The van der Waals surface area contributed by atoms with E-state index in [4.69, 9.17) is 0 Å². The lowest BCUT2D eigenvalue weighted by atomic mass is 9.95. The van der Waals surface area contributed by atoms with Crippen molar-refractivity contribution < 1.29 is 14.6 Å². The van der Waals surface area contributed by atoms with Gasteiger partial charge in [-0.3, -0.25) is 0 Å². The molecular formula is C12H17N3O3. The molecule has 0 radical (unpaired) electrons. The lowest BCUT2D eigenvalue weighted by Gasteiger charge is -2.37. The van der Waals surface area contributed by atoms with Gasteiger partial charge < -0.3 is 14.7 Å². The second kappa shape index (κ2) is 4.89. The number of methoxy groups -OCH3 is 1. The highest BCUT2D eigenvalue weighted by Crippen LogP contribution is 2.24. The van der Waals surface area contributed by atoms with Crippen LogP contribution in [0.3, 0.4) is 0 Å². The topological polar surface area (TPSA) is 75.5 Å². The Kier molecular flexibility index (Phi) is 3.47. The first-order chi connectivity index (χ1) is 8.52. The largest absolute Gasteiger partial charge is 0.463 e. The SMILES string of the molecule is COC(=O)c1nccc(N2CCCC(C)(O)C2)n1. The van der Waals surface area contributed by atoms with E-state index in [0.717, 1.165) is 19.4 Å². The predicted molar refractivity (Wildman–Crippen MR) is 65.4 cm³/mol. The summed E-state index contributed by atoms with van der Waals surface area (Å²) in [6.07, 6.45) is 3.20. The minimum atomic E-state index is -0.714. The maximum atomic E-state index is 11.4. The minimum Gasteiger partial charge on any atom is -0.463 e. The number of β-amino-alcohol motifs (C(OH)–C–C–N with tert-alkyl or cyclic N) is 1. The van der Waals surface area contributed by atoms with E-state index in [2.05, 4.69) is 14.7 Å². The number of piperidine rings is 1. The normalized spacial score (nSPS) is 23.8. The molecule has 1 aliphatic heterocycles. The molecule has 1 aliphatic rings. The fourth-order valence-electron chi connectivity index (χ4n) is 2.13. The lowest BCUT2D eigenvalue weighted by Crippen LogP contribution is -2.46. The Morgan fingerprint density at radius 1 is 1.61 bits per heavy atom. The highest BCUT2D eigenvalue weighted by molar-refractivity contribution is 5.85. The van der Waals surface area contributed by atoms with Crippen molar-refractivity contribution in [3.63, 3.8) is 0 Å². The van der Waals surface area contributed by atoms with E-state index in [1.54, 1.807) is 6.07 Å². The van der Waals surface area contributed by atoms with E-state index in [1.807, 2.05) is 11.8 Å². The zero-order valence-electron chi connectivity index (χ0n) is 10.6. The summed E-state index contributed by atoms with van der Waals surface area (Å²) in [7, 11) is 1.30. The second-order valence-electron chi connectivity index (χ2n) is 4.75. The molecule has 6 nitrogen and oxygen atoms in total. The second-order valence-corrected chi connectivity index (χ2v) is 4.75. The van der Waals surface area contributed by atoms with Crippen molar-refractivity contribution in [2.75, 3.05) is 25.1 Å². The van der Waals surface area contributed by atoms with Crippen LogP contribution in [0.15, 0.2) is 12.3 Å². The lowest BCUT2D eigenvalue weighted by molar-refractivity contribution is 0.0447. The molecule has 0 saturated carbocycles. The molecule has 1 N–H and O–H groups in total. The van der Waals surface area contributed by atoms with Crippen LogP contribution in [0.1, 0.15) is 30.4 Å². The smallest absolute Gasteiger partial charge is 0.376 e. The zero-order chi connectivity index (χ0) is 13.2. The molecule has 1 saturated heterocycles. The molecule has 1 aromatic heterocycles. The quantitative estimate of drug-likeness (QED) is 0.776. The van der Waals surface area contributed by atoms with Gasteiger partial charge in [0.05, 0.1) is 12.7 Å². The monoisotopic (exact) mass is 251 g/mol. The molecule has 0 bridgehead atoms. The van der Waals surface area contributed by atoms with Gasteiger partial charge in [0.1, 0.15) is 5.82 Å². The number of ether oxygens (including phenoxy) is 1. The number of aromatic nitrogens is 2. The minimum absolute atomic E-state index is 0.0419. The molecule has 2 heterocycles. The summed E-state index contributed by atoms with van der Waals surface area (Å²) in [6, 6.07) is 1.73. The van der Waals surface area contributed by atoms with Gasteiger partial charge in [0.2, 0.25) is 5.82 Å². The summed E-state index contributed by atoms with van der Waals surface area (Å²) in [6.45, 7) is 3.12. The molecule has 0 aromatic carbocycles. The van der Waals surface area contributed by atoms with E-state index < -0.39 is 11.6 Å². The van der Waals surface area contributed by atoms with Gasteiger partial charge in [-0.2, -0.15) is 0 Å². The van der Waals surface area contributed by atoms with Crippen molar-refractivity contribution >= 4 is 11.8 Å². The third kappa shape index (κ3) is 2.76. The van der Waals surface area contributed by atoms with E-state index in [9.17, 15) is 9.90 Å². The molecule has 0 spiro atoms. The average Bonchev–Trinajstić information content (AvgIpc) is 2.37. The number of carbonyl (C=O) groups excluding carboxylic acids is 1. The van der Waals surface area contributed by atoms with Crippen LogP contribution in [0.2, 0.25) is 0 Å². The third-order valence-corrected chi connectivity index (χ3v) is 3.01. The Labute approximate surface area is 106 Å². The molecule has 1 atom stereocenters. The summed E-state index contributed by atoms with van der Waals surface area (Å²) in [4.78, 5) is 21.3. The summed E-state index contributed by atoms with van der Waals surface area (Å²) in [5.41, 5.74) is -0.714. The van der Waals surface area contributed by atoms with Crippen LogP contribution >= 0.6 is 0 Å². The molecule has 1 aromatic rings. The standard InChI is InChI=1S/C12H17N3O3/c1-12(17)5-3-7-15(8-12)9-4-6-13-10(14-9)11(16)18-2/h4,6,17H,3,5,7-8H2,1-2H3. The first-order valence-electron chi connectivity index (χ1n) is 5.90. The van der Waals surface area contributed by atoms with Crippen molar-refractivity contribution in [2.24, 2.45) is 0 Å². The number of carbonyl (C=O) groups is 1. The molecular weight excluding hydrogens is 234 g/mol. The Morgan fingerprint density at radius 2 is 2.39 bits per heavy atom. The fraction of sp³-hybridized carbons (Fsp3) is 0.583. The first kappa shape index (κ1) is 12.8. The van der Waals surface area contributed by atoms with Gasteiger partial charge in [0.15, 0.2) is 0 Å². The molecule has 18 heavy (non-hydrogen) atoms. The van der Waals surface area contributed by atoms with Gasteiger partial charge in [0.25, 0.3) is 0 Å². The number of esters is 1. The van der Waals surface area contributed by atoms with E-state index >= 15 is 0 Å². The van der Waals surface area contributed by atoms with Crippen LogP contribution in [-0.4, -0.2) is 46.8 Å². The molecule has 2 rings (SSSR count). The highest BCUT2D eigenvalue weighted by atomic mass is 16.5. The number of nitrogens with zero attached hydrogens (tertiary/aromatic N) is 3. The van der Waals surface area contributed by atoms with Crippen molar-refractivity contribution in [3.05, 3.63) is 18.1 Å². The van der Waals surface area contributed by atoms with Gasteiger partial charge in [-0.25, -0.2) is 14.8 Å². The Hall–Kier alpha value is -1.69. The van der Waals surface area contributed by atoms with Gasteiger partial charge in [-0.05, 0) is 25.8 Å². The molecule has 0 aliphatic carbocycles.